The van der Waals surface area contributed by atoms with Crippen LogP contribution in [0.15, 0.2) is 144 Å². The Labute approximate surface area is 405 Å². The van der Waals surface area contributed by atoms with Gasteiger partial charge in [0.2, 0.25) is 0 Å². The summed E-state index contributed by atoms with van der Waals surface area (Å²) in [5.74, 6) is 0.0685. The number of hydrogen-bond acceptors (Lipinski definition) is 3. The van der Waals surface area contributed by atoms with Crippen LogP contribution >= 0.6 is 0 Å². The number of benzene rings is 3. The zero-order valence-electron chi connectivity index (χ0n) is 43.8. The molecule has 6 aliphatic rings. The molecule has 3 aromatic carbocycles. The fourth-order valence-electron chi connectivity index (χ4n) is 11.6. The maximum Gasteiger partial charge on any atom is 0.0558 e. The fourth-order valence-corrected chi connectivity index (χ4v) is 11.6. The fraction of sp³-hybridized carbons (Fsp3) is 0.438. The van der Waals surface area contributed by atoms with E-state index in [1.165, 1.54) is 97.1 Å². The lowest BCUT2D eigenvalue weighted by atomic mass is 9.62. The third-order valence-electron chi connectivity index (χ3n) is 16.5. The molecule has 3 aromatic rings. The number of nitrogens with one attached hydrogen (secondary N) is 1. The SMILES string of the molecule is C=C1/C=C\C(C(C)(C)C)=C/c2c(cc(C3C=CC(NC4=CC=CC4)=C3)cc2N(c2ccc3c(c2)C(C)(C)CCC3(C)C)c2cc3c(cc2C)C(C)(C)CCC3(C)C)N1C1=CC=C(C(C)(C)C)C1. The van der Waals surface area contributed by atoms with E-state index in [2.05, 4.69) is 228 Å². The molecule has 0 fully saturated rings. The van der Waals surface area contributed by atoms with Crippen LogP contribution in [0.2, 0.25) is 0 Å². The van der Waals surface area contributed by atoms with E-state index in [0.29, 0.717) is 0 Å². The Bertz CT molecular complexity index is 2810. The largest absolute Gasteiger partial charge is 0.359 e. The quantitative estimate of drug-likeness (QED) is 0.255. The van der Waals surface area contributed by atoms with E-state index in [1.54, 1.807) is 0 Å². The molecule has 1 aliphatic heterocycles. The average Bonchev–Trinajstić information content (AvgIpc) is 4.04. The van der Waals surface area contributed by atoms with E-state index >= 15 is 0 Å². The number of rotatable bonds is 7. The van der Waals surface area contributed by atoms with Gasteiger partial charge in [0.05, 0.1) is 11.4 Å². The van der Waals surface area contributed by atoms with Crippen LogP contribution in [0.5, 0.6) is 0 Å². The van der Waals surface area contributed by atoms with Crippen LogP contribution in [-0.4, -0.2) is 0 Å². The van der Waals surface area contributed by atoms with Gasteiger partial charge in [-0.1, -0.05) is 152 Å². The third kappa shape index (κ3) is 8.63. The van der Waals surface area contributed by atoms with E-state index < -0.39 is 0 Å². The molecule has 1 atom stereocenters. The molecule has 3 heteroatoms. The molecule has 3 nitrogen and oxygen atoms in total. The summed E-state index contributed by atoms with van der Waals surface area (Å²) >= 11 is 0. The second kappa shape index (κ2) is 16.2. The Morgan fingerprint density at radius 3 is 1.94 bits per heavy atom. The number of allylic oxidation sites excluding steroid dienone is 12. The zero-order valence-corrected chi connectivity index (χ0v) is 43.8. The summed E-state index contributed by atoms with van der Waals surface area (Å²) in [7, 11) is 0. The van der Waals surface area contributed by atoms with Crippen LogP contribution in [0.1, 0.15) is 180 Å². The summed E-state index contributed by atoms with van der Waals surface area (Å²) in [5.41, 5.74) is 22.1. The van der Waals surface area contributed by atoms with Crippen LogP contribution in [0.4, 0.5) is 22.7 Å². The second-order valence-corrected chi connectivity index (χ2v) is 25.5. The maximum absolute atomic E-state index is 4.89. The Balaban J connectivity index is 1.38. The highest BCUT2D eigenvalue weighted by molar-refractivity contribution is 5.92. The minimum absolute atomic E-state index is 0.0377. The van der Waals surface area contributed by atoms with E-state index in [1.807, 2.05) is 0 Å². The van der Waals surface area contributed by atoms with Gasteiger partial charge in [-0.05, 0) is 171 Å². The summed E-state index contributed by atoms with van der Waals surface area (Å²) < 4.78 is 0. The van der Waals surface area contributed by atoms with Gasteiger partial charge in [-0.3, -0.25) is 0 Å². The first-order valence-electron chi connectivity index (χ1n) is 25.3. The van der Waals surface area contributed by atoms with Crippen LogP contribution in [0.3, 0.4) is 0 Å². The molecule has 0 radical (unpaired) electrons. The van der Waals surface area contributed by atoms with Crippen molar-refractivity contribution in [3.05, 3.63) is 183 Å². The number of hydrogen-bond donors (Lipinski definition) is 1. The van der Waals surface area contributed by atoms with Gasteiger partial charge in [0.25, 0.3) is 0 Å². The van der Waals surface area contributed by atoms with E-state index in [9.17, 15) is 0 Å². The normalized spacial score (nSPS) is 23.4. The van der Waals surface area contributed by atoms with Crippen molar-refractivity contribution in [2.75, 3.05) is 9.80 Å². The first kappa shape index (κ1) is 46.8. The zero-order chi connectivity index (χ0) is 48.2. The lowest BCUT2D eigenvalue weighted by Gasteiger charge is -2.44. The number of nitrogens with zero attached hydrogens (tertiary/aromatic N) is 2. The maximum atomic E-state index is 4.89. The number of anilines is 4. The summed E-state index contributed by atoms with van der Waals surface area (Å²) in [5, 5.41) is 3.75. The van der Waals surface area contributed by atoms with Crippen molar-refractivity contribution in [2.45, 2.75) is 170 Å². The minimum Gasteiger partial charge on any atom is -0.359 e. The molecule has 0 aromatic heterocycles. The van der Waals surface area contributed by atoms with E-state index in [-0.39, 0.29) is 38.4 Å². The van der Waals surface area contributed by atoms with Gasteiger partial charge in [0, 0.05) is 58.5 Å². The first-order chi connectivity index (χ1) is 31.2. The predicted octanol–water partition coefficient (Wildman–Crippen LogP) is 17.7. The highest BCUT2D eigenvalue weighted by Crippen LogP contribution is 2.54. The molecule has 0 saturated heterocycles. The molecular formula is C64H79N3. The van der Waals surface area contributed by atoms with E-state index in [4.69, 9.17) is 6.58 Å². The van der Waals surface area contributed by atoms with Gasteiger partial charge < -0.3 is 15.1 Å². The first-order valence-corrected chi connectivity index (χ1v) is 25.3. The predicted molar refractivity (Wildman–Crippen MR) is 290 cm³/mol. The molecule has 0 spiro atoms. The lowest BCUT2D eigenvalue weighted by Crippen LogP contribution is -2.34. The van der Waals surface area contributed by atoms with Gasteiger partial charge in [-0.15, -0.1) is 0 Å². The molecular weight excluding hydrogens is 811 g/mol. The van der Waals surface area contributed by atoms with Gasteiger partial charge >= 0.3 is 0 Å². The van der Waals surface area contributed by atoms with Gasteiger partial charge in [-0.25, -0.2) is 0 Å². The summed E-state index contributed by atoms with van der Waals surface area (Å²) in [6, 6.07) is 17.7. The molecule has 1 unspecified atom stereocenters. The van der Waals surface area contributed by atoms with Gasteiger partial charge in [0.1, 0.15) is 0 Å². The van der Waals surface area contributed by atoms with Crippen molar-refractivity contribution in [1.29, 1.82) is 0 Å². The highest BCUT2D eigenvalue weighted by Gasteiger charge is 2.41. The van der Waals surface area contributed by atoms with E-state index in [0.717, 1.165) is 37.1 Å². The summed E-state index contributed by atoms with van der Waals surface area (Å²) in [6.45, 7) is 41.0. The Hall–Kier alpha value is -5.28. The summed E-state index contributed by atoms with van der Waals surface area (Å²) in [4.78, 5) is 5.16. The molecule has 350 valence electrons. The monoisotopic (exact) mass is 890 g/mol. The second-order valence-electron chi connectivity index (χ2n) is 25.5. The Morgan fingerprint density at radius 2 is 1.33 bits per heavy atom. The standard InChI is InChI=1S/C64H79N3/c1-41-33-53-55(64(15,16)32-31-62(53,11)12)40-56(41)67(50-27-28-52-54(39-50)63(13,14)30-29-61(52,9)10)58-36-44(43-22-25-48(34-43)65-47-19-17-18-20-47)35-57-51(58)38-46(60(6,7)8)23-21-42(2)66(57)49-26-24-45(37-49)59(3,4)5/h17-19,21-28,33-36,38-40,43,65H,2,20,29-32,37H2,1,3-16H3/b23-21-,46-38+. The van der Waals surface area contributed by atoms with Gasteiger partial charge in [0.15, 0.2) is 0 Å². The Morgan fingerprint density at radius 1 is 0.687 bits per heavy atom. The molecule has 1 N–H and O–H groups in total. The van der Waals surface area contributed by atoms with Crippen molar-refractivity contribution in [1.82, 2.24) is 5.32 Å². The molecule has 1 heterocycles. The van der Waals surface area contributed by atoms with Crippen LogP contribution in [-0.2, 0) is 21.7 Å². The smallest absolute Gasteiger partial charge is 0.0558 e. The average molecular weight is 890 g/mol. The molecule has 0 bridgehead atoms. The number of fused-ring (bicyclic) bond motifs is 3. The molecule has 9 rings (SSSR count). The van der Waals surface area contributed by atoms with Crippen LogP contribution in [0, 0.1) is 17.8 Å². The number of aryl methyl sites for hydroxylation is 1. The highest BCUT2D eigenvalue weighted by atomic mass is 15.2. The third-order valence-corrected chi connectivity index (χ3v) is 16.5. The van der Waals surface area contributed by atoms with Crippen molar-refractivity contribution in [3.8, 4) is 0 Å². The minimum atomic E-state index is -0.120. The van der Waals surface area contributed by atoms with Crippen LogP contribution < -0.4 is 15.1 Å². The van der Waals surface area contributed by atoms with Crippen LogP contribution in [0.25, 0.3) is 6.08 Å². The molecule has 0 amide bonds. The molecule has 0 saturated carbocycles. The molecule has 67 heavy (non-hydrogen) atoms. The van der Waals surface area contributed by atoms with Crippen molar-refractivity contribution in [3.63, 3.8) is 0 Å². The van der Waals surface area contributed by atoms with Crippen molar-refractivity contribution >= 4 is 28.8 Å². The topological polar surface area (TPSA) is 18.5 Å². The lowest BCUT2D eigenvalue weighted by molar-refractivity contribution is 0.331. The molecule has 5 aliphatic carbocycles. The van der Waals surface area contributed by atoms with Crippen molar-refractivity contribution < 1.29 is 0 Å². The van der Waals surface area contributed by atoms with Crippen molar-refractivity contribution in [2.24, 2.45) is 10.8 Å². The van der Waals surface area contributed by atoms with Gasteiger partial charge in [-0.2, -0.15) is 0 Å². The Kier molecular flexibility index (Phi) is 11.3. The summed E-state index contributed by atoms with van der Waals surface area (Å²) in [6.07, 6.45) is 32.0.